The molecule has 102 valence electrons. The lowest BCUT2D eigenvalue weighted by Gasteiger charge is -2.30. The van der Waals surface area contributed by atoms with E-state index in [0.29, 0.717) is 25.7 Å². The number of nitrogens with zero attached hydrogens (tertiary/aromatic N) is 1. The molecular weight excluding hydrogens is 269 g/mol. The van der Waals surface area contributed by atoms with Gasteiger partial charge in [-0.2, -0.15) is 0 Å². The molecule has 0 bridgehead atoms. The molecule has 1 aliphatic carbocycles. The van der Waals surface area contributed by atoms with Crippen LogP contribution in [0.25, 0.3) is 0 Å². The van der Waals surface area contributed by atoms with Crippen LogP contribution in [0.5, 0.6) is 0 Å². The van der Waals surface area contributed by atoms with Crippen LogP contribution in [0.1, 0.15) is 36.0 Å². The van der Waals surface area contributed by atoms with E-state index in [0.717, 1.165) is 6.07 Å². The molecule has 0 N–H and O–H groups in total. The number of carbonyl (C=O) groups is 2. The smallest absolute Gasteiger partial charge is 0.253 e. The van der Waals surface area contributed by atoms with E-state index in [-0.39, 0.29) is 28.3 Å². The van der Waals surface area contributed by atoms with Gasteiger partial charge in [0.1, 0.15) is 11.6 Å². The van der Waals surface area contributed by atoms with Gasteiger partial charge in [0.2, 0.25) is 0 Å². The first-order valence-electron chi connectivity index (χ1n) is 6.23. The Labute approximate surface area is 116 Å². The Balaban J connectivity index is 2.10. The highest BCUT2D eigenvalue weighted by Crippen LogP contribution is 2.22. The van der Waals surface area contributed by atoms with Gasteiger partial charge in [-0.3, -0.25) is 9.59 Å². The van der Waals surface area contributed by atoms with E-state index in [1.807, 2.05) is 0 Å². The van der Waals surface area contributed by atoms with Gasteiger partial charge in [-0.15, -0.1) is 0 Å². The Morgan fingerprint density at radius 3 is 2.58 bits per heavy atom. The number of hydrogen-bond acceptors (Lipinski definition) is 2. The Bertz CT molecular complexity index is 508. The lowest BCUT2D eigenvalue weighted by molar-refractivity contribution is -0.121. The molecule has 0 spiro atoms. The summed E-state index contributed by atoms with van der Waals surface area (Å²) in [6, 6.07) is 4.08. The first-order chi connectivity index (χ1) is 8.99. The van der Waals surface area contributed by atoms with Crippen molar-refractivity contribution in [2.75, 3.05) is 7.05 Å². The van der Waals surface area contributed by atoms with Gasteiger partial charge in [0, 0.05) is 31.5 Å². The van der Waals surface area contributed by atoms with E-state index >= 15 is 0 Å². The number of carbonyl (C=O) groups excluding carboxylic acids is 2. The number of hydrogen-bond donors (Lipinski definition) is 0. The predicted molar refractivity (Wildman–Crippen MR) is 70.8 cm³/mol. The van der Waals surface area contributed by atoms with Crippen LogP contribution < -0.4 is 0 Å². The third kappa shape index (κ3) is 3.13. The second kappa shape index (κ2) is 5.70. The van der Waals surface area contributed by atoms with Crippen LogP contribution in [-0.4, -0.2) is 29.7 Å². The fraction of sp³-hybridized carbons (Fsp3) is 0.429. The van der Waals surface area contributed by atoms with E-state index in [9.17, 15) is 14.0 Å². The fourth-order valence-electron chi connectivity index (χ4n) is 2.31. The molecule has 1 aromatic rings. The van der Waals surface area contributed by atoms with Crippen LogP contribution in [0.4, 0.5) is 4.39 Å². The molecule has 0 unspecified atom stereocenters. The number of rotatable bonds is 2. The maximum Gasteiger partial charge on any atom is 0.253 e. The SMILES string of the molecule is CN(C(=O)c1ccc(Cl)c(F)c1)C1CCC(=O)CC1. The minimum atomic E-state index is -0.597. The molecule has 0 aliphatic heterocycles. The molecule has 0 radical (unpaired) electrons. The number of Topliss-reactive ketones (excluding diaryl/α,β-unsaturated/α-hetero) is 1. The largest absolute Gasteiger partial charge is 0.339 e. The average molecular weight is 284 g/mol. The van der Waals surface area contributed by atoms with Crippen molar-refractivity contribution in [1.82, 2.24) is 4.90 Å². The van der Waals surface area contributed by atoms with Crippen LogP contribution in [0.2, 0.25) is 5.02 Å². The van der Waals surface area contributed by atoms with Crippen LogP contribution in [0, 0.1) is 5.82 Å². The summed E-state index contributed by atoms with van der Waals surface area (Å²) in [7, 11) is 1.69. The van der Waals surface area contributed by atoms with E-state index in [4.69, 9.17) is 11.6 Å². The highest BCUT2D eigenvalue weighted by Gasteiger charge is 2.26. The number of amides is 1. The molecule has 1 saturated carbocycles. The minimum Gasteiger partial charge on any atom is -0.339 e. The molecule has 1 fully saturated rings. The van der Waals surface area contributed by atoms with Crippen LogP contribution >= 0.6 is 11.6 Å². The monoisotopic (exact) mass is 283 g/mol. The summed E-state index contributed by atoms with van der Waals surface area (Å²) in [4.78, 5) is 25.0. The Morgan fingerprint density at radius 1 is 1.37 bits per heavy atom. The lowest BCUT2D eigenvalue weighted by atomic mass is 9.93. The van der Waals surface area contributed by atoms with Gasteiger partial charge < -0.3 is 4.90 Å². The number of halogens is 2. The van der Waals surface area contributed by atoms with Crippen LogP contribution in [0.15, 0.2) is 18.2 Å². The highest BCUT2D eigenvalue weighted by molar-refractivity contribution is 6.30. The normalized spacial score (nSPS) is 16.5. The molecule has 3 nitrogen and oxygen atoms in total. The number of ketones is 1. The quantitative estimate of drug-likeness (QED) is 0.836. The number of benzene rings is 1. The highest BCUT2D eigenvalue weighted by atomic mass is 35.5. The maximum absolute atomic E-state index is 13.3. The van der Waals surface area contributed by atoms with E-state index < -0.39 is 5.82 Å². The Morgan fingerprint density at radius 2 is 2.00 bits per heavy atom. The lowest BCUT2D eigenvalue weighted by Crippen LogP contribution is -2.39. The van der Waals surface area contributed by atoms with Crippen molar-refractivity contribution < 1.29 is 14.0 Å². The Hall–Kier alpha value is -1.42. The van der Waals surface area contributed by atoms with Crippen LogP contribution in [0.3, 0.4) is 0 Å². The summed E-state index contributed by atoms with van der Waals surface area (Å²) in [6.45, 7) is 0. The first kappa shape index (κ1) is 14.0. The van der Waals surface area contributed by atoms with Crippen molar-refractivity contribution in [3.05, 3.63) is 34.6 Å². The van der Waals surface area contributed by atoms with Crippen molar-refractivity contribution in [2.45, 2.75) is 31.7 Å². The van der Waals surface area contributed by atoms with Gasteiger partial charge in [0.05, 0.1) is 5.02 Å². The fourth-order valence-corrected chi connectivity index (χ4v) is 2.43. The van der Waals surface area contributed by atoms with Crippen molar-refractivity contribution >= 4 is 23.3 Å². The molecule has 0 aromatic heterocycles. The van der Waals surface area contributed by atoms with E-state index in [2.05, 4.69) is 0 Å². The molecule has 0 atom stereocenters. The first-order valence-corrected chi connectivity index (χ1v) is 6.60. The van der Waals surface area contributed by atoms with Gasteiger partial charge in [0.15, 0.2) is 0 Å². The third-order valence-electron chi connectivity index (χ3n) is 3.55. The Kier molecular flexibility index (Phi) is 4.20. The zero-order valence-corrected chi connectivity index (χ0v) is 11.4. The molecule has 0 heterocycles. The summed E-state index contributed by atoms with van der Waals surface area (Å²) in [5.41, 5.74) is 0.279. The third-order valence-corrected chi connectivity index (χ3v) is 3.85. The maximum atomic E-state index is 13.3. The van der Waals surface area contributed by atoms with Crippen molar-refractivity contribution in [3.63, 3.8) is 0 Å². The summed E-state index contributed by atoms with van der Waals surface area (Å²) < 4.78 is 13.3. The van der Waals surface area contributed by atoms with Gasteiger partial charge >= 0.3 is 0 Å². The van der Waals surface area contributed by atoms with Crippen molar-refractivity contribution in [3.8, 4) is 0 Å². The van der Waals surface area contributed by atoms with Gasteiger partial charge in [-0.05, 0) is 31.0 Å². The molecule has 1 aromatic carbocycles. The zero-order valence-electron chi connectivity index (χ0n) is 10.7. The van der Waals surface area contributed by atoms with Gasteiger partial charge in [-0.25, -0.2) is 4.39 Å². The minimum absolute atomic E-state index is 0.00228. The molecule has 0 saturated heterocycles. The van der Waals surface area contributed by atoms with Crippen molar-refractivity contribution in [1.29, 1.82) is 0 Å². The topological polar surface area (TPSA) is 37.4 Å². The van der Waals surface area contributed by atoms with Gasteiger partial charge in [0.25, 0.3) is 5.91 Å². The summed E-state index contributed by atoms with van der Waals surface area (Å²) in [5.74, 6) is -0.593. The summed E-state index contributed by atoms with van der Waals surface area (Å²) >= 11 is 5.59. The molecular formula is C14H15ClFNO2. The van der Waals surface area contributed by atoms with Gasteiger partial charge in [-0.1, -0.05) is 11.6 Å². The molecule has 19 heavy (non-hydrogen) atoms. The van der Waals surface area contributed by atoms with E-state index in [1.54, 1.807) is 11.9 Å². The van der Waals surface area contributed by atoms with Crippen LogP contribution in [-0.2, 0) is 4.79 Å². The average Bonchev–Trinajstić information content (AvgIpc) is 2.41. The van der Waals surface area contributed by atoms with Crippen molar-refractivity contribution in [2.24, 2.45) is 0 Å². The second-order valence-electron chi connectivity index (χ2n) is 4.81. The van der Waals surface area contributed by atoms with E-state index in [1.165, 1.54) is 12.1 Å². The second-order valence-corrected chi connectivity index (χ2v) is 5.22. The summed E-state index contributed by atoms with van der Waals surface area (Å²) in [5, 5.41) is 0.00228. The predicted octanol–water partition coefficient (Wildman–Crippen LogP) is 3.06. The summed E-state index contributed by atoms with van der Waals surface area (Å²) in [6.07, 6.45) is 2.38. The molecule has 1 aliphatic rings. The molecule has 1 amide bonds. The standard InChI is InChI=1S/C14H15ClFNO2/c1-17(10-3-5-11(18)6-4-10)14(19)9-2-7-12(15)13(16)8-9/h2,7-8,10H,3-6H2,1H3. The molecule has 2 rings (SSSR count). The zero-order chi connectivity index (χ0) is 14.0. The molecule has 5 heteroatoms.